The van der Waals surface area contributed by atoms with Crippen LogP contribution < -0.4 is 0 Å². The van der Waals surface area contributed by atoms with Gasteiger partial charge in [-0.25, -0.2) is 9.78 Å². The van der Waals surface area contributed by atoms with E-state index in [9.17, 15) is 9.36 Å². The molecule has 1 heterocycles. The zero-order chi connectivity index (χ0) is 23.5. The number of para-hydroxylation sites is 1. The van der Waals surface area contributed by atoms with E-state index in [0.29, 0.717) is 18.8 Å². The van der Waals surface area contributed by atoms with Gasteiger partial charge in [0.25, 0.3) is 0 Å². The predicted octanol–water partition coefficient (Wildman–Crippen LogP) is 6.21. The molecule has 3 aromatic rings. The van der Waals surface area contributed by atoms with E-state index in [4.69, 9.17) is 14.5 Å². The molecule has 2 unspecified atom stereocenters. The van der Waals surface area contributed by atoms with Crippen molar-refractivity contribution in [2.24, 2.45) is 5.92 Å². The third-order valence-electron chi connectivity index (χ3n) is 5.61. The number of thioether (sulfide) groups is 1. The number of nitrogens with zero attached hydrogens (tertiary/aromatic N) is 1. The fourth-order valence-corrected chi connectivity index (χ4v) is 5.75. The van der Waals surface area contributed by atoms with Crippen molar-refractivity contribution >= 4 is 37.1 Å². The third-order valence-corrected chi connectivity index (χ3v) is 7.30. The highest BCUT2D eigenvalue weighted by Gasteiger charge is 2.48. The summed E-state index contributed by atoms with van der Waals surface area (Å²) >= 11 is 1.59. The smallest absolute Gasteiger partial charge is 0.339 e. The second-order valence-corrected chi connectivity index (χ2v) is 9.32. The largest absolute Gasteiger partial charge is 0.464 e. The molecule has 0 amide bonds. The Labute approximate surface area is 201 Å². The van der Waals surface area contributed by atoms with Gasteiger partial charge in [-0.3, -0.25) is 4.57 Å². The number of carbonyl (C=O) groups is 1. The molecule has 0 aliphatic rings. The minimum atomic E-state index is -1.27. The first-order valence-corrected chi connectivity index (χ1v) is 13.2. The van der Waals surface area contributed by atoms with E-state index in [1.54, 1.807) is 18.7 Å². The van der Waals surface area contributed by atoms with E-state index in [0.717, 1.165) is 22.3 Å². The fourth-order valence-electron chi connectivity index (χ4n) is 3.94. The fraction of sp³-hybridized carbons (Fsp3) is 0.385. The van der Waals surface area contributed by atoms with Crippen LogP contribution in [0.15, 0.2) is 71.8 Å². The highest BCUT2D eigenvalue weighted by molar-refractivity contribution is 7.99. The number of aryl methyl sites for hydroxylation is 1. The molecule has 0 aliphatic heterocycles. The van der Waals surface area contributed by atoms with Gasteiger partial charge in [-0.15, -0.1) is 11.8 Å². The van der Waals surface area contributed by atoms with Crippen LogP contribution in [0, 0.1) is 5.92 Å². The Morgan fingerprint density at radius 1 is 1.03 bits per heavy atom. The van der Waals surface area contributed by atoms with E-state index in [1.807, 2.05) is 55.5 Å². The lowest BCUT2D eigenvalue weighted by Gasteiger charge is -2.36. The van der Waals surface area contributed by atoms with Crippen LogP contribution in [0.5, 0.6) is 0 Å². The standard InChI is InChI=1S/C26H30NO4PS/c1-3-30-25(28)26(19-32-29,31-4-2)22(16-14-20-10-6-5-7-11-20)18-33-24-17-15-21-12-8-9-13-23(21)27-24/h5-13,15,17,22H,3-4,14,16,18-19H2,1-2H3. The lowest BCUT2D eigenvalue weighted by atomic mass is 9.85. The third kappa shape index (κ3) is 6.63. The zero-order valence-corrected chi connectivity index (χ0v) is 20.8. The van der Waals surface area contributed by atoms with Gasteiger partial charge in [0.2, 0.25) is 0 Å². The number of carbonyl (C=O) groups excluding carboxylic acids is 1. The van der Waals surface area contributed by atoms with Crippen LogP contribution in [0.1, 0.15) is 25.8 Å². The normalized spacial score (nSPS) is 14.1. The van der Waals surface area contributed by atoms with E-state index < -0.39 is 11.6 Å². The number of hydrogen-bond acceptors (Lipinski definition) is 6. The number of benzene rings is 2. The number of aromatic nitrogens is 1. The first kappa shape index (κ1) is 25.4. The van der Waals surface area contributed by atoms with Gasteiger partial charge in [-0.1, -0.05) is 54.6 Å². The molecule has 2 atom stereocenters. The van der Waals surface area contributed by atoms with Crippen LogP contribution in [-0.2, 0) is 25.3 Å². The number of pyridine rings is 1. The maximum Gasteiger partial charge on any atom is 0.339 e. The Bertz CT molecular complexity index is 1050. The topological polar surface area (TPSA) is 65.5 Å². The van der Waals surface area contributed by atoms with Crippen molar-refractivity contribution in [3.8, 4) is 0 Å². The summed E-state index contributed by atoms with van der Waals surface area (Å²) < 4.78 is 23.3. The monoisotopic (exact) mass is 483 g/mol. The van der Waals surface area contributed by atoms with Crippen LogP contribution in [-0.4, -0.2) is 41.7 Å². The first-order valence-electron chi connectivity index (χ1n) is 11.3. The summed E-state index contributed by atoms with van der Waals surface area (Å²) in [5, 5.41) is 1.97. The van der Waals surface area contributed by atoms with Crippen molar-refractivity contribution in [1.82, 2.24) is 4.98 Å². The molecular formula is C26H30NO4PS. The van der Waals surface area contributed by atoms with Crippen molar-refractivity contribution in [2.45, 2.75) is 37.3 Å². The molecule has 0 radical (unpaired) electrons. The number of fused-ring (bicyclic) bond motifs is 1. The quantitative estimate of drug-likeness (QED) is 0.164. The summed E-state index contributed by atoms with van der Waals surface area (Å²) in [5.74, 6) is -0.0660. The minimum absolute atomic E-state index is 0.0604. The van der Waals surface area contributed by atoms with Gasteiger partial charge in [0.15, 0.2) is 14.1 Å². The van der Waals surface area contributed by atoms with Gasteiger partial charge in [0, 0.05) is 23.7 Å². The van der Waals surface area contributed by atoms with Crippen LogP contribution in [0.3, 0.4) is 0 Å². The van der Waals surface area contributed by atoms with Crippen molar-refractivity contribution in [1.29, 1.82) is 0 Å². The molecule has 2 aromatic carbocycles. The summed E-state index contributed by atoms with van der Waals surface area (Å²) in [6, 6.07) is 22.2. The second kappa shape index (κ2) is 12.8. The van der Waals surface area contributed by atoms with Gasteiger partial charge in [0.1, 0.15) is 0 Å². The van der Waals surface area contributed by atoms with Crippen LogP contribution in [0.2, 0.25) is 0 Å². The van der Waals surface area contributed by atoms with Crippen molar-refractivity contribution in [3.05, 3.63) is 72.3 Å². The summed E-state index contributed by atoms with van der Waals surface area (Å²) in [5.41, 5.74) is 0.848. The van der Waals surface area contributed by atoms with Crippen molar-refractivity contribution < 1.29 is 18.8 Å². The van der Waals surface area contributed by atoms with Crippen molar-refractivity contribution in [3.63, 3.8) is 0 Å². The molecule has 0 bridgehead atoms. The first-order chi connectivity index (χ1) is 16.1. The maximum absolute atomic E-state index is 13.2. The maximum atomic E-state index is 13.2. The molecule has 5 nitrogen and oxygen atoms in total. The molecule has 0 saturated heterocycles. The van der Waals surface area contributed by atoms with Crippen LogP contribution >= 0.6 is 20.2 Å². The van der Waals surface area contributed by atoms with Crippen LogP contribution in [0.25, 0.3) is 10.9 Å². The van der Waals surface area contributed by atoms with Gasteiger partial charge in [-0.2, -0.15) is 0 Å². The Kier molecular flexibility index (Phi) is 9.86. The van der Waals surface area contributed by atoms with Gasteiger partial charge in [-0.05, 0) is 44.4 Å². The molecule has 3 rings (SSSR count). The predicted molar refractivity (Wildman–Crippen MR) is 134 cm³/mol. The second-order valence-electron chi connectivity index (χ2n) is 7.70. The Morgan fingerprint density at radius 3 is 2.52 bits per heavy atom. The van der Waals surface area contributed by atoms with Gasteiger partial charge < -0.3 is 9.47 Å². The molecule has 0 N–H and O–H groups in total. The zero-order valence-electron chi connectivity index (χ0n) is 19.1. The molecule has 0 saturated carbocycles. The average molecular weight is 484 g/mol. The average Bonchev–Trinajstić information content (AvgIpc) is 2.84. The Balaban J connectivity index is 1.89. The summed E-state index contributed by atoms with van der Waals surface area (Å²) in [6.45, 7) is 4.20. The van der Waals surface area contributed by atoms with E-state index in [1.165, 1.54) is 5.56 Å². The molecule has 33 heavy (non-hydrogen) atoms. The summed E-state index contributed by atoms with van der Waals surface area (Å²) in [7, 11) is -0.144. The molecule has 1 aromatic heterocycles. The highest BCUT2D eigenvalue weighted by Crippen LogP contribution is 2.36. The minimum Gasteiger partial charge on any atom is -0.464 e. The summed E-state index contributed by atoms with van der Waals surface area (Å²) in [6.07, 6.45) is 1.53. The van der Waals surface area contributed by atoms with E-state index >= 15 is 0 Å². The molecule has 0 spiro atoms. The summed E-state index contributed by atoms with van der Waals surface area (Å²) in [4.78, 5) is 17.9. The molecule has 0 aliphatic carbocycles. The molecular weight excluding hydrogens is 453 g/mol. The Hall–Kier alpha value is -2.27. The SMILES string of the molecule is CCOC(=O)C(CP=O)(OCC)C(CCc1ccccc1)CSc1ccc2ccccc2n1. The Morgan fingerprint density at radius 2 is 1.79 bits per heavy atom. The van der Waals surface area contributed by atoms with Crippen molar-refractivity contribution in [2.75, 3.05) is 25.1 Å². The lowest BCUT2D eigenvalue weighted by Crippen LogP contribution is -2.52. The van der Waals surface area contributed by atoms with E-state index in [2.05, 4.69) is 18.2 Å². The van der Waals surface area contributed by atoms with Gasteiger partial charge in [0.05, 0.1) is 23.3 Å². The number of esters is 1. The lowest BCUT2D eigenvalue weighted by molar-refractivity contribution is -0.175. The molecule has 0 fully saturated rings. The molecule has 174 valence electrons. The number of rotatable bonds is 13. The highest BCUT2D eigenvalue weighted by atomic mass is 32.2. The number of hydrogen-bond donors (Lipinski definition) is 0. The van der Waals surface area contributed by atoms with E-state index in [-0.39, 0.29) is 27.1 Å². The number of ether oxygens (including phenoxy) is 2. The van der Waals surface area contributed by atoms with Crippen LogP contribution in [0.4, 0.5) is 0 Å². The molecule has 7 heteroatoms. The van der Waals surface area contributed by atoms with Gasteiger partial charge >= 0.3 is 5.97 Å².